The molecule has 2 rings (SSSR count). The van der Waals surface area contributed by atoms with Crippen LogP contribution in [0.3, 0.4) is 0 Å². The molecule has 0 radical (unpaired) electrons. The number of benzene rings is 1. The number of amides is 1. The summed E-state index contributed by atoms with van der Waals surface area (Å²) in [6.45, 7) is 20.4. The summed E-state index contributed by atoms with van der Waals surface area (Å²) in [5.74, 6) is 0. The van der Waals surface area contributed by atoms with Crippen LogP contribution in [-0.2, 0) is 8.92 Å². The van der Waals surface area contributed by atoms with Crippen LogP contribution in [0.2, 0.25) is 0 Å². The van der Waals surface area contributed by atoms with Crippen LogP contribution < -0.4 is 0 Å². The molecule has 0 spiro atoms. The predicted octanol–water partition coefficient (Wildman–Crippen LogP) is 7.50. The Hall–Kier alpha value is -1.20. The fourth-order valence-electron chi connectivity index (χ4n) is 2.01. The van der Waals surface area contributed by atoms with Gasteiger partial charge in [0.05, 0.1) is 6.61 Å². The quantitative estimate of drug-likeness (QED) is 0.378. The van der Waals surface area contributed by atoms with Gasteiger partial charge < -0.3 is 13.8 Å². The highest BCUT2D eigenvalue weighted by molar-refractivity contribution is 7.94. The highest BCUT2D eigenvalue weighted by atomic mass is 32.2. The highest BCUT2D eigenvalue weighted by Gasteiger charge is 2.23. The Balaban J connectivity index is 0. The zero-order valence-electron chi connectivity index (χ0n) is 19.6. The van der Waals surface area contributed by atoms with Gasteiger partial charge in [-0.1, -0.05) is 52.3 Å². The van der Waals surface area contributed by atoms with Crippen molar-refractivity contribution < 1.29 is 13.7 Å². The maximum atomic E-state index is 11.4. The second-order valence-corrected chi connectivity index (χ2v) is 7.77. The molecule has 0 aliphatic carbocycles. The first-order valence-corrected chi connectivity index (χ1v) is 11.4. The van der Waals surface area contributed by atoms with Crippen molar-refractivity contribution in [1.29, 1.82) is 0 Å². The Bertz CT molecular complexity index is 478. The minimum absolute atomic E-state index is 0.167. The van der Waals surface area contributed by atoms with E-state index in [1.807, 2.05) is 48.5 Å². The van der Waals surface area contributed by atoms with Crippen LogP contribution in [0.25, 0.3) is 0 Å². The topological polar surface area (TPSA) is 38.8 Å². The summed E-state index contributed by atoms with van der Waals surface area (Å²) in [5.41, 5.74) is 0.925. The first kappa shape index (κ1) is 29.0. The average Bonchev–Trinajstić information content (AvgIpc) is 3.21. The van der Waals surface area contributed by atoms with Gasteiger partial charge >= 0.3 is 6.09 Å². The third kappa shape index (κ3) is 15.8. The summed E-state index contributed by atoms with van der Waals surface area (Å²) in [6, 6.07) is 8.35. The fraction of sp³-hybridized carbons (Fsp3) is 0.696. The third-order valence-electron chi connectivity index (χ3n) is 3.22. The third-order valence-corrected chi connectivity index (χ3v) is 3.97. The van der Waals surface area contributed by atoms with Crippen LogP contribution in [-0.4, -0.2) is 36.3 Å². The first-order chi connectivity index (χ1) is 13.3. The molecule has 4 nitrogen and oxygen atoms in total. The Morgan fingerprint density at radius 1 is 1.04 bits per heavy atom. The molecule has 1 saturated heterocycles. The summed E-state index contributed by atoms with van der Waals surface area (Å²) in [5, 5.41) is 0. The number of rotatable bonds is 4. The Labute approximate surface area is 178 Å². The van der Waals surface area contributed by atoms with E-state index in [4.69, 9.17) is 8.92 Å². The minimum atomic E-state index is -0.361. The zero-order chi connectivity index (χ0) is 22.0. The van der Waals surface area contributed by atoms with E-state index in [1.54, 1.807) is 4.90 Å². The van der Waals surface area contributed by atoms with Crippen LogP contribution >= 0.6 is 12.0 Å². The molecule has 0 N–H and O–H groups in total. The number of nitrogens with zero attached hydrogens (tertiary/aromatic N) is 1. The summed E-state index contributed by atoms with van der Waals surface area (Å²) >= 11 is 1.45. The summed E-state index contributed by atoms with van der Waals surface area (Å²) < 4.78 is 10.5. The number of ether oxygens (including phenoxy) is 1. The molecule has 1 aliphatic rings. The molecule has 28 heavy (non-hydrogen) atoms. The number of hydrogen-bond donors (Lipinski definition) is 0. The second-order valence-electron chi connectivity index (χ2n) is 6.89. The molecule has 5 heteroatoms. The maximum Gasteiger partial charge on any atom is 0.410 e. The summed E-state index contributed by atoms with van der Waals surface area (Å²) in [7, 11) is 0. The molecule has 1 aliphatic heterocycles. The van der Waals surface area contributed by atoms with Gasteiger partial charge in [-0.3, -0.25) is 0 Å². The molecular formula is C23H43NO3S. The van der Waals surface area contributed by atoms with Gasteiger partial charge in [0.2, 0.25) is 0 Å². The van der Waals surface area contributed by atoms with Crippen LogP contribution in [0.1, 0.15) is 80.2 Å². The SMILES string of the molecule is CC.CC.CC(C)(C)OC(=O)N1CCCC1.CCCOSc1ccc(C)cc1. The number of carbonyl (C=O) groups is 1. The maximum absolute atomic E-state index is 11.4. The van der Waals surface area contributed by atoms with Crippen molar-refractivity contribution >= 4 is 18.1 Å². The van der Waals surface area contributed by atoms with Crippen LogP contribution in [0.4, 0.5) is 4.79 Å². The fourth-order valence-corrected chi connectivity index (χ4v) is 2.65. The molecule has 0 atom stereocenters. The number of likely N-dealkylation sites (tertiary alicyclic amines) is 1. The molecule has 1 fully saturated rings. The number of hydrogen-bond acceptors (Lipinski definition) is 4. The van der Waals surface area contributed by atoms with E-state index in [9.17, 15) is 4.79 Å². The Morgan fingerprint density at radius 2 is 1.54 bits per heavy atom. The van der Waals surface area contributed by atoms with Crippen molar-refractivity contribution in [3.63, 3.8) is 0 Å². The normalized spacial score (nSPS) is 12.5. The monoisotopic (exact) mass is 413 g/mol. The highest BCUT2D eigenvalue weighted by Crippen LogP contribution is 2.19. The van der Waals surface area contributed by atoms with E-state index in [1.165, 1.54) is 22.5 Å². The lowest BCUT2D eigenvalue weighted by atomic mass is 10.2. The van der Waals surface area contributed by atoms with Gasteiger partial charge in [-0.2, -0.15) is 0 Å². The van der Waals surface area contributed by atoms with Gasteiger partial charge in [-0.25, -0.2) is 4.79 Å². The lowest BCUT2D eigenvalue weighted by Crippen LogP contribution is -2.34. The Kier molecular flexibility index (Phi) is 18.5. The van der Waals surface area contributed by atoms with Gasteiger partial charge in [-0.05, 0) is 59.1 Å². The summed E-state index contributed by atoms with van der Waals surface area (Å²) in [6.07, 6.45) is 3.12. The molecule has 1 aromatic rings. The van der Waals surface area contributed by atoms with E-state index in [0.717, 1.165) is 39.0 Å². The second kappa shape index (κ2) is 17.9. The zero-order valence-corrected chi connectivity index (χ0v) is 20.4. The molecule has 0 aromatic heterocycles. The molecule has 0 saturated carbocycles. The van der Waals surface area contributed by atoms with Crippen molar-refractivity contribution in [2.75, 3.05) is 19.7 Å². The largest absolute Gasteiger partial charge is 0.444 e. The minimum Gasteiger partial charge on any atom is -0.444 e. The van der Waals surface area contributed by atoms with E-state index >= 15 is 0 Å². The number of carbonyl (C=O) groups excluding carboxylic acids is 1. The molecule has 1 heterocycles. The lowest BCUT2D eigenvalue weighted by Gasteiger charge is -2.23. The standard InChI is InChI=1S/C10H14OS.C9H17NO2.2C2H6/c1-3-8-11-12-10-6-4-9(2)5-7-10;1-9(2,3)12-8(11)10-6-4-5-7-10;2*1-2/h4-7H,3,8H2,1-2H3;4-7H2,1-3H3;2*1-2H3. The van der Waals surface area contributed by atoms with Crippen molar-refractivity contribution in [2.45, 2.75) is 92.1 Å². The van der Waals surface area contributed by atoms with Crippen LogP contribution in [0.15, 0.2) is 29.2 Å². The summed E-state index contributed by atoms with van der Waals surface area (Å²) in [4.78, 5) is 14.3. The lowest BCUT2D eigenvalue weighted by molar-refractivity contribution is 0.0295. The van der Waals surface area contributed by atoms with Gasteiger partial charge in [0.1, 0.15) is 5.60 Å². The van der Waals surface area contributed by atoms with Gasteiger partial charge in [0.25, 0.3) is 0 Å². The van der Waals surface area contributed by atoms with Crippen molar-refractivity contribution in [2.24, 2.45) is 0 Å². The Morgan fingerprint density at radius 3 is 1.96 bits per heavy atom. The molecular weight excluding hydrogens is 370 g/mol. The molecule has 1 aromatic carbocycles. The van der Waals surface area contributed by atoms with Crippen molar-refractivity contribution in [1.82, 2.24) is 4.90 Å². The molecule has 0 unspecified atom stereocenters. The van der Waals surface area contributed by atoms with E-state index in [-0.39, 0.29) is 11.7 Å². The van der Waals surface area contributed by atoms with Gasteiger partial charge in [0.15, 0.2) is 0 Å². The van der Waals surface area contributed by atoms with Gasteiger partial charge in [-0.15, -0.1) is 0 Å². The number of aryl methyl sites for hydroxylation is 1. The molecule has 1 amide bonds. The van der Waals surface area contributed by atoms with E-state index in [2.05, 4.69) is 38.1 Å². The molecule has 164 valence electrons. The van der Waals surface area contributed by atoms with Crippen LogP contribution in [0.5, 0.6) is 0 Å². The van der Waals surface area contributed by atoms with Gasteiger partial charge in [0, 0.05) is 30.0 Å². The molecule has 0 bridgehead atoms. The average molecular weight is 414 g/mol. The van der Waals surface area contributed by atoms with Crippen molar-refractivity contribution in [3.05, 3.63) is 29.8 Å². The van der Waals surface area contributed by atoms with Crippen LogP contribution in [0, 0.1) is 6.92 Å². The smallest absolute Gasteiger partial charge is 0.410 e. The van der Waals surface area contributed by atoms with E-state index < -0.39 is 0 Å². The predicted molar refractivity (Wildman–Crippen MR) is 123 cm³/mol. The first-order valence-electron chi connectivity index (χ1n) is 10.7. The van der Waals surface area contributed by atoms with E-state index in [0.29, 0.717) is 0 Å². The van der Waals surface area contributed by atoms with Crippen molar-refractivity contribution in [3.8, 4) is 0 Å².